The monoisotopic (exact) mass is 902 g/mol. The lowest BCUT2D eigenvalue weighted by Gasteiger charge is -2.33. The molecule has 0 spiro atoms. The van der Waals surface area contributed by atoms with Crippen molar-refractivity contribution in [3.05, 3.63) is 83.4 Å². The number of benzene rings is 3. The number of fused-ring (bicyclic) bond motifs is 1. The summed E-state index contributed by atoms with van der Waals surface area (Å²) in [5.41, 5.74) is 0.924. The smallest absolute Gasteiger partial charge is 0.320 e. The Morgan fingerprint density at radius 2 is 1.00 bits per heavy atom. The zero-order chi connectivity index (χ0) is 48.6. The van der Waals surface area contributed by atoms with E-state index in [1.54, 1.807) is 46.4 Å². The highest BCUT2D eigenvalue weighted by atomic mass is 16.6. The summed E-state index contributed by atoms with van der Waals surface area (Å²) in [7, 11) is 0. The maximum absolute atomic E-state index is 13.7. The average molecular weight is 902 g/mol. The van der Waals surface area contributed by atoms with Gasteiger partial charge in [0.1, 0.15) is 29.2 Å². The molecule has 360 valence electrons. The van der Waals surface area contributed by atoms with Crippen LogP contribution in [0.3, 0.4) is 0 Å². The van der Waals surface area contributed by atoms with Crippen LogP contribution in [0.2, 0.25) is 0 Å². The first-order valence-electron chi connectivity index (χ1n) is 23.1. The lowest BCUT2D eigenvalue weighted by atomic mass is 9.95. The lowest BCUT2D eigenvalue weighted by Crippen LogP contribution is -2.47. The number of hydrogen-bond donors (Lipinski definition) is 0. The van der Waals surface area contributed by atoms with Crippen molar-refractivity contribution in [3.63, 3.8) is 0 Å². The van der Waals surface area contributed by atoms with Gasteiger partial charge in [-0.2, -0.15) is 0 Å². The quantitative estimate of drug-likeness (QED) is 0.0599. The number of aryl methyl sites for hydroxylation is 1. The molecule has 0 aromatic heterocycles. The fourth-order valence-corrected chi connectivity index (χ4v) is 7.26. The molecule has 0 saturated heterocycles. The Kier molecular flexibility index (Phi) is 21.0. The molecule has 0 amide bonds. The predicted molar refractivity (Wildman–Crippen MR) is 258 cm³/mol. The van der Waals surface area contributed by atoms with Gasteiger partial charge in [-0.1, -0.05) is 94.4 Å². The van der Waals surface area contributed by atoms with E-state index in [-0.39, 0.29) is 68.2 Å². The number of nitrogens with zero attached hydrogens (tertiary/aromatic N) is 3. The number of ketones is 2. The van der Waals surface area contributed by atoms with Crippen molar-refractivity contribution in [2.75, 3.05) is 65.5 Å². The van der Waals surface area contributed by atoms with Gasteiger partial charge in [-0.05, 0) is 108 Å². The Bertz CT molecular complexity index is 1970. The van der Waals surface area contributed by atoms with Gasteiger partial charge in [0.2, 0.25) is 0 Å². The molecule has 0 bridgehead atoms. The van der Waals surface area contributed by atoms with Gasteiger partial charge in [0, 0.05) is 45.1 Å². The summed E-state index contributed by atoms with van der Waals surface area (Å²) in [6, 6.07) is 22.4. The summed E-state index contributed by atoms with van der Waals surface area (Å²) < 4.78 is 22.7. The van der Waals surface area contributed by atoms with Crippen LogP contribution in [0.1, 0.15) is 113 Å². The Morgan fingerprint density at radius 3 is 1.52 bits per heavy atom. The molecule has 0 unspecified atom stereocenters. The summed E-state index contributed by atoms with van der Waals surface area (Å²) in [6.07, 6.45) is 1.50. The summed E-state index contributed by atoms with van der Waals surface area (Å²) >= 11 is 0. The third-order valence-electron chi connectivity index (χ3n) is 10.0. The first-order chi connectivity index (χ1) is 30.1. The minimum Gasteiger partial charge on any atom is -0.459 e. The van der Waals surface area contributed by atoms with Gasteiger partial charge in [0.05, 0.1) is 32.8 Å². The minimum absolute atomic E-state index is 0.0362. The maximum Gasteiger partial charge on any atom is 0.320 e. The molecule has 3 aromatic rings. The number of Topliss-reactive ketones (excluding diaryl/α,β-unsaturated/α-hetero) is 2. The van der Waals surface area contributed by atoms with Gasteiger partial charge >= 0.3 is 17.9 Å². The van der Waals surface area contributed by atoms with Crippen LogP contribution in [0.4, 0.5) is 0 Å². The van der Waals surface area contributed by atoms with E-state index in [4.69, 9.17) is 18.9 Å². The summed E-state index contributed by atoms with van der Waals surface area (Å²) in [6.45, 7) is 27.1. The van der Waals surface area contributed by atoms with Crippen LogP contribution in [0, 0.1) is 11.3 Å². The van der Waals surface area contributed by atoms with E-state index in [0.717, 1.165) is 22.1 Å². The maximum atomic E-state index is 13.7. The van der Waals surface area contributed by atoms with Crippen molar-refractivity contribution < 1.29 is 42.9 Å². The predicted octanol–water partition coefficient (Wildman–Crippen LogP) is 8.28. The fraction of sp³-hybridized carbons (Fsp3) is 0.604. The Hall–Kier alpha value is -4.49. The number of esters is 3. The highest BCUT2D eigenvalue weighted by molar-refractivity contribution is 5.84. The molecule has 0 heterocycles. The van der Waals surface area contributed by atoms with E-state index in [9.17, 15) is 24.0 Å². The van der Waals surface area contributed by atoms with Crippen molar-refractivity contribution in [1.82, 2.24) is 14.7 Å². The molecule has 3 aromatic carbocycles. The largest absolute Gasteiger partial charge is 0.459 e. The van der Waals surface area contributed by atoms with Gasteiger partial charge in [-0.25, -0.2) is 0 Å². The molecule has 1 atom stereocenters. The van der Waals surface area contributed by atoms with Gasteiger partial charge in [0.15, 0.2) is 5.78 Å². The molecule has 12 heteroatoms. The van der Waals surface area contributed by atoms with Crippen molar-refractivity contribution in [1.29, 1.82) is 0 Å². The van der Waals surface area contributed by atoms with Crippen molar-refractivity contribution in [2.45, 2.75) is 133 Å². The number of carbonyl (C=O) groups is 5. The molecule has 0 aliphatic rings. The van der Waals surface area contributed by atoms with E-state index >= 15 is 0 Å². The van der Waals surface area contributed by atoms with E-state index < -0.39 is 28.7 Å². The number of rotatable bonds is 25. The van der Waals surface area contributed by atoms with E-state index in [1.165, 1.54) is 5.39 Å². The third-order valence-corrected chi connectivity index (χ3v) is 10.0. The molecule has 12 nitrogen and oxygen atoms in total. The Morgan fingerprint density at radius 1 is 0.538 bits per heavy atom. The van der Waals surface area contributed by atoms with E-state index in [1.807, 2.05) is 69.0 Å². The lowest BCUT2D eigenvalue weighted by molar-refractivity contribution is -0.160. The average Bonchev–Trinajstić information content (AvgIpc) is 3.15. The summed E-state index contributed by atoms with van der Waals surface area (Å²) in [5.74, 6) is -1.32. The van der Waals surface area contributed by atoms with Crippen molar-refractivity contribution >= 4 is 40.2 Å². The highest BCUT2D eigenvalue weighted by Gasteiger charge is 2.27. The number of ether oxygens (including phenoxy) is 4. The normalized spacial score (nSPS) is 13.0. The molecule has 0 fully saturated rings. The second-order valence-corrected chi connectivity index (χ2v) is 21.6. The van der Waals surface area contributed by atoms with Crippen LogP contribution >= 0.6 is 0 Å². The molecule has 0 N–H and O–H groups in total. The van der Waals surface area contributed by atoms with Gasteiger partial charge < -0.3 is 18.9 Å². The topological polar surface area (TPSA) is 132 Å². The SMILES string of the molecule is C[C@H](Cc1ccc2ccccc2c1)C(=O)COCc1ccc(CCC(=O)CN(CCN(CC(=O)OC(C)(C)C)CC(=O)OC(C)(C)C)CCN(CC(=O)OC(C)(C)C)CC(C)(C)C)cc1. The number of hydrogen-bond acceptors (Lipinski definition) is 12. The number of carbonyl (C=O) groups excluding carboxylic acids is 5. The highest BCUT2D eigenvalue weighted by Crippen LogP contribution is 2.20. The molecule has 0 saturated carbocycles. The molecule has 0 aliphatic heterocycles. The van der Waals surface area contributed by atoms with Crippen molar-refractivity contribution in [2.24, 2.45) is 11.3 Å². The second-order valence-electron chi connectivity index (χ2n) is 21.6. The van der Waals surface area contributed by atoms with Gasteiger partial charge in [-0.3, -0.25) is 38.7 Å². The third kappa shape index (κ3) is 24.0. The zero-order valence-electron chi connectivity index (χ0n) is 41.8. The van der Waals surface area contributed by atoms with Crippen LogP contribution in [0.15, 0.2) is 66.7 Å². The van der Waals surface area contributed by atoms with Crippen LogP contribution in [-0.4, -0.2) is 126 Å². The van der Waals surface area contributed by atoms with E-state index in [0.29, 0.717) is 52.0 Å². The van der Waals surface area contributed by atoms with E-state index in [2.05, 4.69) is 56.0 Å². The van der Waals surface area contributed by atoms with Gasteiger partial charge in [-0.15, -0.1) is 0 Å². The molecule has 3 rings (SSSR count). The molecule has 0 radical (unpaired) electrons. The molecular weight excluding hydrogens is 823 g/mol. The van der Waals surface area contributed by atoms with Crippen LogP contribution in [0.5, 0.6) is 0 Å². The van der Waals surface area contributed by atoms with Crippen molar-refractivity contribution in [3.8, 4) is 0 Å². The van der Waals surface area contributed by atoms with Crippen LogP contribution in [-0.2, 0) is 62.4 Å². The fourth-order valence-electron chi connectivity index (χ4n) is 7.26. The zero-order valence-corrected chi connectivity index (χ0v) is 41.8. The first kappa shape index (κ1) is 54.8. The minimum atomic E-state index is -0.704. The second kappa shape index (κ2) is 24.9. The van der Waals surface area contributed by atoms with Gasteiger partial charge in [0.25, 0.3) is 0 Å². The first-order valence-corrected chi connectivity index (χ1v) is 23.1. The standard InChI is InChI=1S/C53H79N3O9/c1-39(30-42-22-24-43-16-14-15-17-44(43)31-42)46(58)37-62-36-41-20-18-40(19-21-41)23-25-45(57)32-54(27-29-56(38-50(2,3)4)35-49(61)65-53(11,12)13)26-28-55(33-47(59)63-51(5,6)7)34-48(60)64-52(8,9)10/h14-22,24,31,39H,23,25-30,32-38H2,1-13H3/t39-/m1/s1. The molecule has 65 heavy (non-hydrogen) atoms. The van der Waals surface area contributed by atoms with Crippen LogP contribution < -0.4 is 0 Å². The molecular formula is C53H79N3O9. The van der Waals surface area contributed by atoms with Crippen LogP contribution in [0.25, 0.3) is 10.8 Å². The Labute approximate surface area is 389 Å². The summed E-state index contributed by atoms with van der Waals surface area (Å²) in [5, 5.41) is 2.34. The summed E-state index contributed by atoms with van der Waals surface area (Å²) in [4.78, 5) is 71.4. The molecule has 0 aliphatic carbocycles. The Balaban J connectivity index is 1.64.